The first-order chi connectivity index (χ1) is 19.7. The van der Waals surface area contributed by atoms with E-state index in [4.69, 9.17) is 4.74 Å². The van der Waals surface area contributed by atoms with Crippen molar-refractivity contribution in [2.75, 3.05) is 23.3 Å². The van der Waals surface area contributed by atoms with E-state index in [2.05, 4.69) is 15.8 Å². The predicted octanol–water partition coefficient (Wildman–Crippen LogP) is 4.99. The van der Waals surface area contributed by atoms with Gasteiger partial charge in [0.05, 0.1) is 23.4 Å². The van der Waals surface area contributed by atoms with E-state index in [0.717, 1.165) is 9.87 Å². The molecule has 0 unspecified atom stereocenters. The van der Waals surface area contributed by atoms with Gasteiger partial charge in [-0.05, 0) is 80.1 Å². The molecule has 0 spiro atoms. The Morgan fingerprint density at radius 1 is 0.829 bits per heavy atom. The molecule has 0 heterocycles. The van der Waals surface area contributed by atoms with Gasteiger partial charge >= 0.3 is 0 Å². The summed E-state index contributed by atoms with van der Waals surface area (Å²) in [6, 6.07) is 28.7. The predicted molar refractivity (Wildman–Crippen MR) is 160 cm³/mol. The van der Waals surface area contributed by atoms with Gasteiger partial charge in [0.15, 0.2) is 0 Å². The highest BCUT2D eigenvalue weighted by molar-refractivity contribution is 7.92. The lowest BCUT2D eigenvalue weighted by molar-refractivity contribution is -0.119. The summed E-state index contributed by atoms with van der Waals surface area (Å²) in [7, 11) is -2.55. The average molecular weight is 571 g/mol. The minimum Gasteiger partial charge on any atom is -0.497 e. The molecule has 41 heavy (non-hydrogen) atoms. The fourth-order valence-corrected chi connectivity index (χ4v) is 5.29. The minimum absolute atomic E-state index is 0.0610. The number of amides is 2. The van der Waals surface area contributed by atoms with Crippen molar-refractivity contribution in [3.63, 3.8) is 0 Å². The highest BCUT2D eigenvalue weighted by Crippen LogP contribution is 2.26. The van der Waals surface area contributed by atoms with Crippen molar-refractivity contribution < 1.29 is 22.7 Å². The highest BCUT2D eigenvalue weighted by atomic mass is 32.2. The second kappa shape index (κ2) is 12.9. The smallest absolute Gasteiger partial charge is 0.264 e. The number of carbonyl (C=O) groups excluding carboxylic acids is 2. The Morgan fingerprint density at radius 3 is 2.07 bits per heavy atom. The van der Waals surface area contributed by atoms with Crippen LogP contribution in [0.25, 0.3) is 0 Å². The number of sulfonamides is 1. The van der Waals surface area contributed by atoms with Crippen LogP contribution in [0.1, 0.15) is 28.4 Å². The maximum atomic E-state index is 13.5. The lowest BCUT2D eigenvalue weighted by Gasteiger charge is -2.24. The van der Waals surface area contributed by atoms with Gasteiger partial charge in [-0.2, -0.15) is 5.10 Å². The normalized spacial score (nSPS) is 11.4. The highest BCUT2D eigenvalue weighted by Gasteiger charge is 2.27. The minimum atomic E-state index is -4.06. The molecular formula is C31H30N4O5S. The maximum absolute atomic E-state index is 13.5. The van der Waals surface area contributed by atoms with Crippen molar-refractivity contribution in [3.05, 3.63) is 120 Å². The van der Waals surface area contributed by atoms with Crippen molar-refractivity contribution in [2.24, 2.45) is 5.10 Å². The second-order valence-corrected chi connectivity index (χ2v) is 11.0. The molecule has 0 saturated carbocycles. The molecule has 0 saturated heterocycles. The van der Waals surface area contributed by atoms with E-state index in [0.29, 0.717) is 34.0 Å². The van der Waals surface area contributed by atoms with E-state index < -0.39 is 22.5 Å². The van der Waals surface area contributed by atoms with Crippen molar-refractivity contribution in [1.82, 2.24) is 5.43 Å². The van der Waals surface area contributed by atoms with Crippen molar-refractivity contribution in [2.45, 2.75) is 18.7 Å². The zero-order valence-electron chi connectivity index (χ0n) is 22.9. The van der Waals surface area contributed by atoms with Crippen LogP contribution in [-0.4, -0.2) is 39.6 Å². The van der Waals surface area contributed by atoms with E-state index in [-0.39, 0.29) is 10.8 Å². The third-order valence-corrected chi connectivity index (χ3v) is 7.99. The van der Waals surface area contributed by atoms with E-state index in [1.165, 1.54) is 19.2 Å². The number of rotatable bonds is 10. The summed E-state index contributed by atoms with van der Waals surface area (Å²) in [5.74, 6) is -0.294. The first-order valence-electron chi connectivity index (χ1n) is 12.7. The molecule has 0 fully saturated rings. The van der Waals surface area contributed by atoms with E-state index >= 15 is 0 Å². The molecule has 4 aromatic carbocycles. The number of ether oxygens (including phenoxy) is 1. The summed E-state index contributed by atoms with van der Waals surface area (Å²) in [6.45, 7) is 3.08. The Bertz CT molecular complexity index is 1640. The molecular weight excluding hydrogens is 540 g/mol. The van der Waals surface area contributed by atoms with Crippen LogP contribution in [0, 0.1) is 6.92 Å². The van der Waals surface area contributed by atoms with Crippen molar-refractivity contribution >= 4 is 38.9 Å². The lowest BCUT2D eigenvalue weighted by Crippen LogP contribution is -2.39. The van der Waals surface area contributed by atoms with Crippen LogP contribution in [0.5, 0.6) is 5.75 Å². The van der Waals surface area contributed by atoms with Crippen LogP contribution in [-0.2, 0) is 14.8 Å². The Hall–Kier alpha value is -4.96. The Morgan fingerprint density at radius 2 is 1.46 bits per heavy atom. The number of hydrazone groups is 1. The molecule has 0 aliphatic heterocycles. The third-order valence-electron chi connectivity index (χ3n) is 6.20. The lowest BCUT2D eigenvalue weighted by atomic mass is 10.1. The molecule has 0 radical (unpaired) electrons. The summed E-state index contributed by atoms with van der Waals surface area (Å²) in [4.78, 5) is 25.4. The number of carbonyl (C=O) groups is 2. The molecule has 0 aliphatic rings. The number of methoxy groups -OCH3 is 1. The van der Waals surface area contributed by atoms with Gasteiger partial charge in [0.25, 0.3) is 21.8 Å². The number of nitrogens with one attached hydrogen (secondary N) is 2. The first-order valence-corrected chi connectivity index (χ1v) is 14.1. The van der Waals surface area contributed by atoms with Gasteiger partial charge in [0.2, 0.25) is 0 Å². The summed E-state index contributed by atoms with van der Waals surface area (Å²) in [5, 5.41) is 6.99. The largest absolute Gasteiger partial charge is 0.497 e. The van der Waals surface area contributed by atoms with Crippen LogP contribution in [0.2, 0.25) is 0 Å². The molecule has 0 bridgehead atoms. The van der Waals surface area contributed by atoms with Crippen LogP contribution in [0.15, 0.2) is 113 Å². The third kappa shape index (κ3) is 7.37. The van der Waals surface area contributed by atoms with Gasteiger partial charge in [-0.25, -0.2) is 13.8 Å². The van der Waals surface area contributed by atoms with Gasteiger partial charge in [-0.3, -0.25) is 13.9 Å². The summed E-state index contributed by atoms with van der Waals surface area (Å²) < 4.78 is 33.3. The van der Waals surface area contributed by atoms with Gasteiger partial charge in [-0.15, -0.1) is 0 Å². The SMILES string of the molecule is COc1ccc(N(CC(=O)N/N=C(/C)c2ccc(NC(=O)c3ccccc3)cc2)S(=O)(=O)c2ccc(C)cc2)cc1. The number of hydrogen-bond donors (Lipinski definition) is 2. The van der Waals surface area contributed by atoms with Crippen molar-refractivity contribution in [1.29, 1.82) is 0 Å². The van der Waals surface area contributed by atoms with E-state index in [9.17, 15) is 18.0 Å². The molecule has 2 N–H and O–H groups in total. The van der Waals surface area contributed by atoms with Gasteiger partial charge in [-0.1, -0.05) is 48.0 Å². The molecule has 210 valence electrons. The van der Waals surface area contributed by atoms with Gasteiger partial charge < -0.3 is 10.1 Å². The maximum Gasteiger partial charge on any atom is 0.264 e. The fourth-order valence-electron chi connectivity index (χ4n) is 3.87. The van der Waals surface area contributed by atoms with E-state index in [1.807, 2.05) is 13.0 Å². The standard InChI is InChI=1S/C31H30N4O5S/c1-22-9-19-29(20-10-22)41(38,39)35(27-15-17-28(40-3)18-16-27)21-30(36)34-33-23(2)24-11-13-26(14-12-24)32-31(37)25-7-5-4-6-8-25/h4-20H,21H2,1-3H3,(H,32,37)(H,34,36)/b33-23-. The van der Waals surface area contributed by atoms with Gasteiger partial charge in [0.1, 0.15) is 12.3 Å². The molecule has 4 rings (SSSR count). The van der Waals surface area contributed by atoms with Crippen LogP contribution in [0.3, 0.4) is 0 Å². The molecule has 4 aromatic rings. The van der Waals surface area contributed by atoms with Gasteiger partial charge in [0, 0.05) is 11.3 Å². The molecule has 9 nitrogen and oxygen atoms in total. The van der Waals surface area contributed by atoms with Crippen molar-refractivity contribution in [3.8, 4) is 5.75 Å². The number of aryl methyl sites for hydroxylation is 1. The molecule has 0 atom stereocenters. The second-order valence-electron chi connectivity index (χ2n) is 9.15. The molecule has 0 aliphatic carbocycles. The molecule has 0 aromatic heterocycles. The zero-order valence-corrected chi connectivity index (χ0v) is 23.7. The number of hydrogen-bond acceptors (Lipinski definition) is 6. The summed E-state index contributed by atoms with van der Waals surface area (Å²) in [6.07, 6.45) is 0. The number of nitrogens with zero attached hydrogens (tertiary/aromatic N) is 2. The summed E-state index contributed by atoms with van der Waals surface area (Å²) >= 11 is 0. The number of anilines is 2. The fraction of sp³-hybridized carbons (Fsp3) is 0.129. The Balaban J connectivity index is 1.47. The number of benzene rings is 4. The van der Waals surface area contributed by atoms with Crippen LogP contribution in [0.4, 0.5) is 11.4 Å². The zero-order chi connectivity index (χ0) is 29.4. The molecule has 2 amide bonds. The van der Waals surface area contributed by atoms with Crippen LogP contribution >= 0.6 is 0 Å². The quantitative estimate of drug-likeness (QED) is 0.206. The van der Waals surface area contributed by atoms with E-state index in [1.54, 1.807) is 91.9 Å². The molecule has 10 heteroatoms. The average Bonchev–Trinajstić information content (AvgIpc) is 2.99. The van der Waals surface area contributed by atoms with Crippen LogP contribution < -0.4 is 19.8 Å². The summed E-state index contributed by atoms with van der Waals surface area (Å²) in [5.41, 5.74) is 6.03. The Labute approximate surface area is 239 Å². The first kappa shape index (κ1) is 29.0. The monoisotopic (exact) mass is 570 g/mol. The topological polar surface area (TPSA) is 117 Å². The Kier molecular flexibility index (Phi) is 9.15.